The highest BCUT2D eigenvalue weighted by atomic mass is 16.5. The highest BCUT2D eigenvalue weighted by Crippen LogP contribution is 2.39. The molecule has 0 N–H and O–H groups in total. The maximum absolute atomic E-state index is 6.12. The molecule has 0 aromatic heterocycles. The van der Waals surface area contributed by atoms with Crippen molar-refractivity contribution in [2.75, 3.05) is 6.61 Å². The molecule has 0 saturated carbocycles. The van der Waals surface area contributed by atoms with Crippen molar-refractivity contribution in [2.45, 2.75) is 44.0 Å². The van der Waals surface area contributed by atoms with E-state index in [1.807, 2.05) is 0 Å². The molecule has 2 aliphatic rings. The van der Waals surface area contributed by atoms with E-state index < -0.39 is 0 Å². The molecule has 2 saturated heterocycles. The van der Waals surface area contributed by atoms with Crippen LogP contribution in [-0.2, 0) is 11.2 Å². The normalized spacial score (nSPS) is 28.5. The molecule has 0 aliphatic carbocycles. The molecule has 2 aliphatic heterocycles. The molecule has 114 valence electrons. The van der Waals surface area contributed by atoms with Crippen molar-refractivity contribution in [1.29, 1.82) is 0 Å². The number of benzene rings is 2. The van der Waals surface area contributed by atoms with E-state index >= 15 is 0 Å². The maximum atomic E-state index is 6.12. The molecule has 2 heterocycles. The molecule has 22 heavy (non-hydrogen) atoms. The molecular weight excluding hydrogens is 270 g/mol. The molecule has 2 aromatic carbocycles. The van der Waals surface area contributed by atoms with Gasteiger partial charge in [0, 0.05) is 6.04 Å². The van der Waals surface area contributed by atoms with E-state index in [2.05, 4.69) is 65.6 Å². The summed E-state index contributed by atoms with van der Waals surface area (Å²) in [5.41, 5.74) is 2.83. The molecule has 2 aromatic rings. The minimum Gasteiger partial charge on any atom is -0.361 e. The minimum atomic E-state index is 0.313. The van der Waals surface area contributed by atoms with E-state index in [1.165, 1.54) is 30.4 Å². The molecule has 1 unspecified atom stereocenters. The Balaban J connectivity index is 1.58. The average molecular weight is 293 g/mol. The third-order valence-corrected chi connectivity index (χ3v) is 5.05. The second-order valence-electron chi connectivity index (χ2n) is 6.44. The molecule has 2 heteroatoms. The van der Waals surface area contributed by atoms with E-state index in [9.17, 15) is 0 Å². The minimum absolute atomic E-state index is 0.313. The van der Waals surface area contributed by atoms with Crippen molar-refractivity contribution >= 4 is 0 Å². The second kappa shape index (κ2) is 6.23. The summed E-state index contributed by atoms with van der Waals surface area (Å²) in [6, 6.07) is 22.7. The van der Waals surface area contributed by atoms with Gasteiger partial charge in [-0.3, -0.25) is 4.90 Å². The predicted molar refractivity (Wildman–Crippen MR) is 88.5 cm³/mol. The fourth-order valence-electron chi connectivity index (χ4n) is 4.01. The van der Waals surface area contributed by atoms with Gasteiger partial charge in [-0.1, -0.05) is 60.7 Å². The predicted octanol–water partition coefficient (Wildman–Crippen LogP) is 4.18. The molecule has 3 atom stereocenters. The average Bonchev–Trinajstić information content (AvgIpc) is 3.02. The van der Waals surface area contributed by atoms with Gasteiger partial charge >= 0.3 is 0 Å². The SMILES string of the molecule is c1ccc(C[C@H]2CCCC3OC[C@@H](c4ccccc4)N32)cc1. The Morgan fingerprint density at radius 1 is 0.909 bits per heavy atom. The van der Waals surface area contributed by atoms with E-state index in [4.69, 9.17) is 4.74 Å². The Bertz CT molecular complexity index is 598. The Morgan fingerprint density at radius 2 is 1.64 bits per heavy atom. The van der Waals surface area contributed by atoms with Crippen molar-refractivity contribution in [3.8, 4) is 0 Å². The van der Waals surface area contributed by atoms with Crippen LogP contribution in [0.25, 0.3) is 0 Å². The lowest BCUT2D eigenvalue weighted by Gasteiger charge is -2.40. The number of nitrogens with zero attached hydrogens (tertiary/aromatic N) is 1. The molecule has 2 fully saturated rings. The summed E-state index contributed by atoms with van der Waals surface area (Å²) in [5.74, 6) is 0. The highest BCUT2D eigenvalue weighted by molar-refractivity contribution is 5.22. The Labute approximate surface area is 132 Å². The first-order valence-corrected chi connectivity index (χ1v) is 8.40. The topological polar surface area (TPSA) is 12.5 Å². The van der Waals surface area contributed by atoms with Crippen LogP contribution in [0.15, 0.2) is 60.7 Å². The van der Waals surface area contributed by atoms with Gasteiger partial charge in [0.05, 0.1) is 12.6 Å². The first-order chi connectivity index (χ1) is 10.9. The van der Waals surface area contributed by atoms with Gasteiger partial charge in [0.15, 0.2) is 0 Å². The maximum Gasteiger partial charge on any atom is 0.111 e. The molecule has 0 bridgehead atoms. The molecule has 0 amide bonds. The van der Waals surface area contributed by atoms with Gasteiger partial charge in [0.1, 0.15) is 6.23 Å². The summed E-state index contributed by atoms with van der Waals surface area (Å²) in [6.07, 6.45) is 5.17. The summed E-state index contributed by atoms with van der Waals surface area (Å²) < 4.78 is 6.12. The van der Waals surface area contributed by atoms with Crippen LogP contribution in [-0.4, -0.2) is 23.8 Å². The van der Waals surface area contributed by atoms with Crippen molar-refractivity contribution in [3.63, 3.8) is 0 Å². The third-order valence-electron chi connectivity index (χ3n) is 5.05. The summed E-state index contributed by atoms with van der Waals surface area (Å²) in [5, 5.41) is 0. The number of hydrogen-bond donors (Lipinski definition) is 0. The summed E-state index contributed by atoms with van der Waals surface area (Å²) >= 11 is 0. The zero-order valence-electron chi connectivity index (χ0n) is 12.9. The Kier molecular flexibility index (Phi) is 3.96. The largest absolute Gasteiger partial charge is 0.361 e. The molecule has 2 nitrogen and oxygen atoms in total. The number of hydrogen-bond acceptors (Lipinski definition) is 2. The van der Waals surface area contributed by atoms with Crippen LogP contribution in [0.4, 0.5) is 0 Å². The van der Waals surface area contributed by atoms with Crippen LogP contribution < -0.4 is 0 Å². The van der Waals surface area contributed by atoms with Crippen LogP contribution in [0.3, 0.4) is 0 Å². The van der Waals surface area contributed by atoms with Crippen molar-refractivity contribution in [1.82, 2.24) is 4.90 Å². The van der Waals surface area contributed by atoms with E-state index in [-0.39, 0.29) is 0 Å². The number of ether oxygens (including phenoxy) is 1. The standard InChI is InChI=1S/C20H23NO/c1-3-8-16(9-4-1)14-18-12-7-13-20-21(18)19(15-22-20)17-10-5-2-6-11-17/h1-6,8-11,18-20H,7,12-15H2/t18-,19+,20?/m1/s1. The van der Waals surface area contributed by atoms with Gasteiger partial charge in [-0.25, -0.2) is 0 Å². The molecule has 4 rings (SSSR count). The summed E-state index contributed by atoms with van der Waals surface area (Å²) in [4.78, 5) is 2.64. The van der Waals surface area contributed by atoms with Gasteiger partial charge in [0.25, 0.3) is 0 Å². The van der Waals surface area contributed by atoms with Gasteiger partial charge in [-0.05, 0) is 36.8 Å². The number of fused-ring (bicyclic) bond motifs is 1. The number of rotatable bonds is 3. The first-order valence-electron chi connectivity index (χ1n) is 8.40. The zero-order chi connectivity index (χ0) is 14.8. The van der Waals surface area contributed by atoms with Crippen LogP contribution in [0.5, 0.6) is 0 Å². The zero-order valence-corrected chi connectivity index (χ0v) is 12.9. The van der Waals surface area contributed by atoms with Gasteiger partial charge in [0.2, 0.25) is 0 Å². The van der Waals surface area contributed by atoms with Crippen LogP contribution in [0.1, 0.15) is 36.4 Å². The fraction of sp³-hybridized carbons (Fsp3) is 0.400. The summed E-state index contributed by atoms with van der Waals surface area (Å²) in [7, 11) is 0. The first kappa shape index (κ1) is 14.0. The van der Waals surface area contributed by atoms with Crippen molar-refractivity contribution in [2.24, 2.45) is 0 Å². The van der Waals surface area contributed by atoms with Gasteiger partial charge < -0.3 is 4.74 Å². The monoisotopic (exact) mass is 293 g/mol. The van der Waals surface area contributed by atoms with E-state index in [0.717, 1.165) is 13.0 Å². The van der Waals surface area contributed by atoms with E-state index in [1.54, 1.807) is 0 Å². The van der Waals surface area contributed by atoms with E-state index in [0.29, 0.717) is 18.3 Å². The van der Waals surface area contributed by atoms with Gasteiger partial charge in [-0.2, -0.15) is 0 Å². The molecule has 0 radical (unpaired) electrons. The second-order valence-corrected chi connectivity index (χ2v) is 6.44. The fourth-order valence-corrected chi connectivity index (χ4v) is 4.01. The van der Waals surface area contributed by atoms with Gasteiger partial charge in [-0.15, -0.1) is 0 Å². The van der Waals surface area contributed by atoms with Crippen LogP contribution >= 0.6 is 0 Å². The molecule has 0 spiro atoms. The molecular formula is C20H23NO. The van der Waals surface area contributed by atoms with Crippen LogP contribution in [0, 0.1) is 0 Å². The Morgan fingerprint density at radius 3 is 2.41 bits per heavy atom. The van der Waals surface area contributed by atoms with Crippen molar-refractivity contribution < 1.29 is 4.74 Å². The smallest absolute Gasteiger partial charge is 0.111 e. The quantitative estimate of drug-likeness (QED) is 0.841. The number of piperidine rings is 1. The lowest BCUT2D eigenvalue weighted by Crippen LogP contribution is -2.45. The van der Waals surface area contributed by atoms with Crippen molar-refractivity contribution in [3.05, 3.63) is 71.8 Å². The summed E-state index contributed by atoms with van der Waals surface area (Å²) in [6.45, 7) is 0.833. The Hall–Kier alpha value is -1.64. The van der Waals surface area contributed by atoms with Crippen LogP contribution in [0.2, 0.25) is 0 Å². The lowest BCUT2D eigenvalue weighted by molar-refractivity contribution is -0.0259. The lowest BCUT2D eigenvalue weighted by atomic mass is 9.92. The third kappa shape index (κ3) is 2.69. The highest BCUT2D eigenvalue weighted by Gasteiger charge is 2.41.